The Bertz CT molecular complexity index is 724. The summed E-state index contributed by atoms with van der Waals surface area (Å²) in [5, 5.41) is 17.4. The first-order valence-electron chi connectivity index (χ1n) is 7.08. The molecule has 1 atom stereocenters. The Morgan fingerprint density at radius 1 is 1.48 bits per heavy atom. The van der Waals surface area contributed by atoms with E-state index in [9.17, 15) is 9.59 Å². The zero-order valence-corrected chi connectivity index (χ0v) is 13.9. The first-order valence-corrected chi connectivity index (χ1v) is 7.46. The third-order valence-electron chi connectivity index (χ3n) is 3.54. The highest BCUT2D eigenvalue weighted by molar-refractivity contribution is 6.31. The fourth-order valence-electron chi connectivity index (χ4n) is 2.22. The standard InChI is InChI=1S/C14H18ClN5O3/c1-4-19-12(10(15)7-16-19)8-18(3)13(21)9(2)20-6-5-11(17-20)14(22)23/h5-7,9H,4,8H2,1-3H3,(H,22,23). The number of carbonyl (C=O) groups excluding carboxylic acids is 1. The van der Waals surface area contributed by atoms with E-state index in [1.54, 1.807) is 24.9 Å². The Morgan fingerprint density at radius 2 is 2.17 bits per heavy atom. The molecule has 2 aromatic heterocycles. The van der Waals surface area contributed by atoms with Gasteiger partial charge in [-0.05, 0) is 19.9 Å². The average molecular weight is 340 g/mol. The summed E-state index contributed by atoms with van der Waals surface area (Å²) in [6.07, 6.45) is 3.03. The van der Waals surface area contributed by atoms with Crippen molar-refractivity contribution in [3.8, 4) is 0 Å². The van der Waals surface area contributed by atoms with Gasteiger partial charge in [0, 0.05) is 19.8 Å². The average Bonchev–Trinajstić information content (AvgIpc) is 3.14. The van der Waals surface area contributed by atoms with Crippen molar-refractivity contribution in [3.63, 3.8) is 0 Å². The highest BCUT2D eigenvalue weighted by atomic mass is 35.5. The fourth-order valence-corrected chi connectivity index (χ4v) is 2.42. The number of carbonyl (C=O) groups is 2. The number of carboxylic acids is 1. The summed E-state index contributed by atoms with van der Waals surface area (Å²) in [5.74, 6) is -1.33. The van der Waals surface area contributed by atoms with Crippen LogP contribution in [0.2, 0.25) is 5.02 Å². The van der Waals surface area contributed by atoms with Gasteiger partial charge in [0.25, 0.3) is 0 Å². The molecule has 0 radical (unpaired) electrons. The van der Waals surface area contributed by atoms with Crippen LogP contribution in [0.3, 0.4) is 0 Å². The van der Waals surface area contributed by atoms with Crippen molar-refractivity contribution in [1.29, 1.82) is 0 Å². The number of amides is 1. The zero-order valence-electron chi connectivity index (χ0n) is 13.1. The Kier molecular flexibility index (Phi) is 5.05. The zero-order chi connectivity index (χ0) is 17.1. The smallest absolute Gasteiger partial charge is 0.356 e. The third kappa shape index (κ3) is 3.53. The first kappa shape index (κ1) is 17.0. The molecule has 8 nitrogen and oxygen atoms in total. The predicted molar refractivity (Wildman–Crippen MR) is 83.3 cm³/mol. The molecule has 0 aliphatic heterocycles. The summed E-state index contributed by atoms with van der Waals surface area (Å²) >= 11 is 6.10. The van der Waals surface area contributed by atoms with Crippen LogP contribution in [0.15, 0.2) is 18.5 Å². The summed E-state index contributed by atoms with van der Waals surface area (Å²) in [6, 6.07) is 0.736. The van der Waals surface area contributed by atoms with Gasteiger partial charge in [-0.3, -0.25) is 14.2 Å². The molecule has 23 heavy (non-hydrogen) atoms. The number of aromatic nitrogens is 4. The second-order valence-electron chi connectivity index (χ2n) is 5.11. The summed E-state index contributed by atoms with van der Waals surface area (Å²) in [5.41, 5.74) is 0.656. The highest BCUT2D eigenvalue weighted by Crippen LogP contribution is 2.18. The van der Waals surface area contributed by atoms with E-state index in [1.165, 1.54) is 21.8 Å². The quantitative estimate of drug-likeness (QED) is 0.864. The molecule has 1 N–H and O–H groups in total. The molecular formula is C14H18ClN5O3. The van der Waals surface area contributed by atoms with Crippen LogP contribution in [0.25, 0.3) is 0 Å². The molecule has 0 bridgehead atoms. The summed E-state index contributed by atoms with van der Waals surface area (Å²) < 4.78 is 3.06. The van der Waals surface area contributed by atoms with Gasteiger partial charge >= 0.3 is 5.97 Å². The molecular weight excluding hydrogens is 322 g/mol. The molecule has 124 valence electrons. The molecule has 2 heterocycles. The van der Waals surface area contributed by atoms with E-state index in [1.807, 2.05) is 6.92 Å². The van der Waals surface area contributed by atoms with Gasteiger partial charge < -0.3 is 10.0 Å². The van der Waals surface area contributed by atoms with Crippen LogP contribution in [0.1, 0.15) is 36.1 Å². The lowest BCUT2D eigenvalue weighted by Crippen LogP contribution is -2.33. The Hall–Kier alpha value is -2.35. The van der Waals surface area contributed by atoms with Crippen molar-refractivity contribution >= 4 is 23.5 Å². The van der Waals surface area contributed by atoms with Gasteiger partial charge in [0.05, 0.1) is 23.5 Å². The summed E-state index contributed by atoms with van der Waals surface area (Å²) in [4.78, 5) is 24.9. The van der Waals surface area contributed by atoms with Crippen molar-refractivity contribution in [1.82, 2.24) is 24.5 Å². The minimum Gasteiger partial charge on any atom is -0.476 e. The molecule has 0 aliphatic rings. The van der Waals surface area contributed by atoms with E-state index in [-0.39, 0.29) is 11.6 Å². The molecule has 1 unspecified atom stereocenters. The first-order chi connectivity index (χ1) is 10.8. The number of aromatic carboxylic acids is 1. The molecule has 0 saturated carbocycles. The monoisotopic (exact) mass is 339 g/mol. The van der Waals surface area contributed by atoms with E-state index in [0.29, 0.717) is 18.1 Å². The number of nitrogens with zero attached hydrogens (tertiary/aromatic N) is 5. The molecule has 0 aromatic carbocycles. The molecule has 0 spiro atoms. The van der Waals surface area contributed by atoms with Crippen LogP contribution >= 0.6 is 11.6 Å². The van der Waals surface area contributed by atoms with E-state index in [0.717, 1.165) is 5.69 Å². The third-order valence-corrected chi connectivity index (χ3v) is 3.86. The van der Waals surface area contributed by atoms with Gasteiger partial charge in [0.2, 0.25) is 5.91 Å². The van der Waals surface area contributed by atoms with Crippen LogP contribution in [0.4, 0.5) is 0 Å². The SMILES string of the molecule is CCn1ncc(Cl)c1CN(C)C(=O)C(C)n1ccc(C(=O)O)n1. The second-order valence-corrected chi connectivity index (χ2v) is 5.52. The predicted octanol–water partition coefficient (Wildman–Crippen LogP) is 1.67. The Labute approximate surface area is 138 Å². The normalized spacial score (nSPS) is 12.2. The van der Waals surface area contributed by atoms with Gasteiger partial charge in [0.1, 0.15) is 6.04 Å². The maximum atomic E-state index is 12.5. The lowest BCUT2D eigenvalue weighted by atomic mass is 10.3. The Morgan fingerprint density at radius 3 is 2.74 bits per heavy atom. The maximum absolute atomic E-state index is 12.5. The van der Waals surface area contributed by atoms with E-state index in [4.69, 9.17) is 16.7 Å². The molecule has 0 aliphatic carbocycles. The van der Waals surface area contributed by atoms with Crippen molar-refractivity contribution in [2.75, 3.05) is 7.05 Å². The molecule has 0 fully saturated rings. The van der Waals surface area contributed by atoms with E-state index >= 15 is 0 Å². The lowest BCUT2D eigenvalue weighted by Gasteiger charge is -2.22. The number of hydrogen-bond acceptors (Lipinski definition) is 4. The molecule has 9 heteroatoms. The maximum Gasteiger partial charge on any atom is 0.356 e. The second kappa shape index (κ2) is 6.82. The minimum atomic E-state index is -1.13. The van der Waals surface area contributed by atoms with Crippen LogP contribution < -0.4 is 0 Å². The van der Waals surface area contributed by atoms with Crippen LogP contribution in [0, 0.1) is 0 Å². The highest BCUT2D eigenvalue weighted by Gasteiger charge is 2.23. The van der Waals surface area contributed by atoms with Crippen LogP contribution in [-0.2, 0) is 17.9 Å². The fraction of sp³-hybridized carbons (Fsp3) is 0.429. The number of rotatable bonds is 6. The van der Waals surface area contributed by atoms with Crippen molar-refractivity contribution in [2.24, 2.45) is 0 Å². The summed E-state index contributed by atoms with van der Waals surface area (Å²) in [6.45, 7) is 4.56. The number of carboxylic acid groups (broad SMARTS) is 1. The number of halogens is 1. The molecule has 2 aromatic rings. The summed E-state index contributed by atoms with van der Waals surface area (Å²) in [7, 11) is 1.66. The Balaban J connectivity index is 2.12. The number of likely N-dealkylation sites (N-methyl/N-ethyl adjacent to an activating group) is 1. The van der Waals surface area contributed by atoms with E-state index in [2.05, 4.69) is 10.2 Å². The van der Waals surface area contributed by atoms with Gasteiger partial charge in [-0.1, -0.05) is 11.6 Å². The molecule has 2 rings (SSSR count). The van der Waals surface area contributed by atoms with Gasteiger partial charge in [-0.25, -0.2) is 4.79 Å². The van der Waals surface area contributed by atoms with Crippen molar-refractivity contribution in [2.45, 2.75) is 33.0 Å². The van der Waals surface area contributed by atoms with Crippen LogP contribution in [0.5, 0.6) is 0 Å². The van der Waals surface area contributed by atoms with E-state index < -0.39 is 12.0 Å². The van der Waals surface area contributed by atoms with Gasteiger partial charge in [0.15, 0.2) is 5.69 Å². The van der Waals surface area contributed by atoms with Crippen molar-refractivity contribution in [3.05, 3.63) is 34.9 Å². The van der Waals surface area contributed by atoms with Crippen LogP contribution in [-0.4, -0.2) is 48.5 Å². The van der Waals surface area contributed by atoms with Crippen molar-refractivity contribution < 1.29 is 14.7 Å². The lowest BCUT2D eigenvalue weighted by molar-refractivity contribution is -0.133. The topological polar surface area (TPSA) is 93.2 Å². The van der Waals surface area contributed by atoms with Gasteiger partial charge in [-0.15, -0.1) is 0 Å². The largest absolute Gasteiger partial charge is 0.476 e. The molecule has 1 amide bonds. The minimum absolute atomic E-state index is 0.0978. The number of hydrogen-bond donors (Lipinski definition) is 1. The number of aryl methyl sites for hydroxylation is 1. The van der Waals surface area contributed by atoms with Gasteiger partial charge in [-0.2, -0.15) is 10.2 Å². The molecule has 0 saturated heterocycles.